The molecule has 0 bridgehead atoms. The first kappa shape index (κ1) is 18.8. The molecule has 0 aromatic heterocycles. The van der Waals surface area contributed by atoms with E-state index in [1.807, 2.05) is 13.8 Å². The Morgan fingerprint density at radius 1 is 1.31 bits per heavy atom. The zero-order chi connectivity index (χ0) is 18.9. The van der Waals surface area contributed by atoms with Crippen LogP contribution >= 0.6 is 0 Å². The van der Waals surface area contributed by atoms with E-state index in [0.29, 0.717) is 24.5 Å². The van der Waals surface area contributed by atoms with Crippen LogP contribution in [0, 0.1) is 18.3 Å². The number of carbonyl (C=O) groups excluding carboxylic acids is 2. The van der Waals surface area contributed by atoms with Crippen molar-refractivity contribution in [3.8, 4) is 0 Å². The fraction of sp³-hybridized carbons (Fsp3) is 0.545. The number of hydrogen-bond acceptors (Lipinski definition) is 4. The SMILES string of the molecule is C=C1C(=O)[C@](C)(C(=O)OCC2CC2)C(CCc2ccc(C)cc2)O[C@@H]1C. The molecule has 2 fully saturated rings. The summed E-state index contributed by atoms with van der Waals surface area (Å²) in [7, 11) is 0. The van der Waals surface area contributed by atoms with Gasteiger partial charge in [0, 0.05) is 5.57 Å². The Kier molecular flexibility index (Phi) is 5.33. The van der Waals surface area contributed by atoms with E-state index in [-0.39, 0.29) is 11.9 Å². The molecule has 1 aromatic rings. The number of aryl methyl sites for hydroxylation is 2. The van der Waals surface area contributed by atoms with Crippen LogP contribution in [0.1, 0.15) is 44.2 Å². The number of benzene rings is 1. The fourth-order valence-electron chi connectivity index (χ4n) is 3.39. The van der Waals surface area contributed by atoms with Gasteiger partial charge in [-0.15, -0.1) is 0 Å². The lowest BCUT2D eigenvalue weighted by Crippen LogP contribution is -2.55. The first-order chi connectivity index (χ1) is 12.3. The summed E-state index contributed by atoms with van der Waals surface area (Å²) in [5.41, 5.74) is 1.40. The number of ether oxygens (including phenoxy) is 2. The van der Waals surface area contributed by atoms with Crippen LogP contribution in [0.5, 0.6) is 0 Å². The number of Topliss-reactive ketones (excluding diaryl/α,β-unsaturated/α-hetero) is 1. The van der Waals surface area contributed by atoms with Gasteiger partial charge in [-0.1, -0.05) is 36.4 Å². The molecule has 0 amide bonds. The highest BCUT2D eigenvalue weighted by atomic mass is 16.5. The number of ketones is 1. The van der Waals surface area contributed by atoms with E-state index >= 15 is 0 Å². The summed E-state index contributed by atoms with van der Waals surface area (Å²) in [5, 5.41) is 0. The second-order valence-electron chi connectivity index (χ2n) is 7.89. The van der Waals surface area contributed by atoms with Crippen LogP contribution in [0.3, 0.4) is 0 Å². The minimum absolute atomic E-state index is 0.244. The third-order valence-electron chi connectivity index (χ3n) is 5.65. The highest BCUT2D eigenvalue weighted by Crippen LogP contribution is 2.40. The molecule has 0 N–H and O–H groups in total. The van der Waals surface area contributed by atoms with Gasteiger partial charge in [0.2, 0.25) is 0 Å². The van der Waals surface area contributed by atoms with Crippen LogP contribution in [0.4, 0.5) is 0 Å². The summed E-state index contributed by atoms with van der Waals surface area (Å²) in [6, 6.07) is 8.28. The fourth-order valence-corrected chi connectivity index (χ4v) is 3.39. The number of hydrogen-bond donors (Lipinski definition) is 0. The first-order valence-corrected chi connectivity index (χ1v) is 9.44. The van der Waals surface area contributed by atoms with Gasteiger partial charge in [0.1, 0.15) is 0 Å². The third-order valence-corrected chi connectivity index (χ3v) is 5.65. The average Bonchev–Trinajstić information content (AvgIpc) is 3.45. The van der Waals surface area contributed by atoms with E-state index in [1.54, 1.807) is 6.92 Å². The number of carbonyl (C=O) groups is 2. The third kappa shape index (κ3) is 3.75. The Morgan fingerprint density at radius 3 is 2.58 bits per heavy atom. The predicted molar refractivity (Wildman–Crippen MR) is 99.8 cm³/mol. The van der Waals surface area contributed by atoms with Gasteiger partial charge in [0.25, 0.3) is 0 Å². The molecule has 4 heteroatoms. The lowest BCUT2D eigenvalue weighted by Gasteiger charge is -2.41. The van der Waals surface area contributed by atoms with Crippen LogP contribution in [-0.2, 0) is 25.5 Å². The van der Waals surface area contributed by atoms with Gasteiger partial charge in [-0.05, 0) is 57.9 Å². The van der Waals surface area contributed by atoms with Crippen molar-refractivity contribution < 1.29 is 19.1 Å². The van der Waals surface area contributed by atoms with Crippen molar-refractivity contribution in [3.05, 3.63) is 47.5 Å². The summed E-state index contributed by atoms with van der Waals surface area (Å²) in [4.78, 5) is 25.8. The van der Waals surface area contributed by atoms with E-state index in [4.69, 9.17) is 9.47 Å². The normalized spacial score (nSPS) is 28.9. The van der Waals surface area contributed by atoms with Crippen molar-refractivity contribution in [2.24, 2.45) is 11.3 Å². The van der Waals surface area contributed by atoms with Gasteiger partial charge in [-0.3, -0.25) is 9.59 Å². The van der Waals surface area contributed by atoms with Crippen LogP contribution in [0.2, 0.25) is 0 Å². The minimum Gasteiger partial charge on any atom is -0.465 e. The Labute approximate surface area is 155 Å². The Hall–Kier alpha value is -1.94. The van der Waals surface area contributed by atoms with Gasteiger partial charge in [-0.2, -0.15) is 0 Å². The topological polar surface area (TPSA) is 52.6 Å². The van der Waals surface area contributed by atoms with E-state index in [9.17, 15) is 9.59 Å². The second kappa shape index (κ2) is 7.36. The van der Waals surface area contributed by atoms with Crippen molar-refractivity contribution in [1.29, 1.82) is 0 Å². The molecule has 1 heterocycles. The monoisotopic (exact) mass is 356 g/mol. The first-order valence-electron chi connectivity index (χ1n) is 9.44. The molecular formula is C22H28O4. The standard InChI is InChI=1S/C22H28O4/c1-14-5-7-17(8-6-14)11-12-19-22(4,20(23)15(2)16(3)26-19)21(24)25-13-18-9-10-18/h5-8,16,18-19H,2,9-13H2,1,3-4H3/t16-,19?,22-/m1/s1. The molecule has 0 spiro atoms. The zero-order valence-corrected chi connectivity index (χ0v) is 15.9. The molecule has 0 radical (unpaired) electrons. The van der Waals surface area contributed by atoms with E-state index in [2.05, 4.69) is 30.8 Å². The highest BCUT2D eigenvalue weighted by molar-refractivity contribution is 6.13. The molecular weight excluding hydrogens is 328 g/mol. The second-order valence-corrected chi connectivity index (χ2v) is 7.89. The average molecular weight is 356 g/mol. The lowest BCUT2D eigenvalue weighted by molar-refractivity contribution is -0.177. The summed E-state index contributed by atoms with van der Waals surface area (Å²) in [6.07, 6.45) is 2.62. The highest BCUT2D eigenvalue weighted by Gasteiger charge is 2.55. The summed E-state index contributed by atoms with van der Waals surface area (Å²) < 4.78 is 11.5. The molecule has 1 aliphatic carbocycles. The van der Waals surface area contributed by atoms with Gasteiger partial charge < -0.3 is 9.47 Å². The molecule has 1 saturated carbocycles. The van der Waals surface area contributed by atoms with Crippen molar-refractivity contribution in [2.45, 2.75) is 58.7 Å². The minimum atomic E-state index is -1.32. The van der Waals surface area contributed by atoms with Gasteiger partial charge in [-0.25, -0.2) is 0 Å². The van der Waals surface area contributed by atoms with E-state index in [1.165, 1.54) is 5.56 Å². The Morgan fingerprint density at radius 2 is 1.96 bits per heavy atom. The van der Waals surface area contributed by atoms with Gasteiger partial charge in [0.15, 0.2) is 11.2 Å². The number of rotatable bonds is 6. The molecule has 1 aromatic carbocycles. The maximum absolute atomic E-state index is 12.9. The van der Waals surface area contributed by atoms with Crippen molar-refractivity contribution in [1.82, 2.24) is 0 Å². The van der Waals surface area contributed by atoms with Crippen molar-refractivity contribution in [2.75, 3.05) is 6.61 Å². The molecule has 3 rings (SSSR count). The van der Waals surface area contributed by atoms with Gasteiger partial charge in [0.05, 0.1) is 18.8 Å². The van der Waals surface area contributed by atoms with Crippen LogP contribution < -0.4 is 0 Å². The smallest absolute Gasteiger partial charge is 0.322 e. The van der Waals surface area contributed by atoms with Crippen LogP contribution in [0.15, 0.2) is 36.4 Å². The molecule has 26 heavy (non-hydrogen) atoms. The molecule has 3 atom stereocenters. The predicted octanol–water partition coefficient (Wildman–Crippen LogP) is 3.80. The lowest BCUT2D eigenvalue weighted by atomic mass is 9.72. The largest absolute Gasteiger partial charge is 0.465 e. The van der Waals surface area contributed by atoms with Crippen LogP contribution in [0.25, 0.3) is 0 Å². The molecule has 4 nitrogen and oxygen atoms in total. The summed E-state index contributed by atoms with van der Waals surface area (Å²) in [5.74, 6) is -0.266. The summed E-state index contributed by atoms with van der Waals surface area (Å²) >= 11 is 0. The van der Waals surface area contributed by atoms with E-state index < -0.39 is 17.5 Å². The van der Waals surface area contributed by atoms with Crippen LogP contribution in [-0.4, -0.2) is 30.6 Å². The molecule has 2 aliphatic rings. The van der Waals surface area contributed by atoms with E-state index in [0.717, 1.165) is 24.8 Å². The van der Waals surface area contributed by atoms with Gasteiger partial charge >= 0.3 is 5.97 Å². The molecule has 140 valence electrons. The quantitative estimate of drug-likeness (QED) is 0.442. The van der Waals surface area contributed by atoms with Crippen molar-refractivity contribution in [3.63, 3.8) is 0 Å². The molecule has 1 unspecified atom stereocenters. The maximum atomic E-state index is 12.9. The zero-order valence-electron chi connectivity index (χ0n) is 15.9. The Bertz CT molecular complexity index is 701. The maximum Gasteiger partial charge on any atom is 0.322 e. The molecule has 1 aliphatic heterocycles. The molecule has 1 saturated heterocycles. The number of esters is 1. The summed E-state index contributed by atoms with van der Waals surface area (Å²) in [6.45, 7) is 9.76. The Balaban J connectivity index is 1.76. The van der Waals surface area contributed by atoms with Crippen molar-refractivity contribution >= 4 is 11.8 Å².